The molecule has 1 atom stereocenters. The summed E-state index contributed by atoms with van der Waals surface area (Å²) in [5.74, 6) is 0.386. The van der Waals surface area contributed by atoms with Crippen molar-refractivity contribution in [1.29, 1.82) is 0 Å². The minimum absolute atomic E-state index is 0.266. The zero-order chi connectivity index (χ0) is 25.1. The molecule has 0 aliphatic carbocycles. The van der Waals surface area contributed by atoms with Crippen molar-refractivity contribution in [3.8, 4) is 11.4 Å². The standard InChI is InChI=1S/C26H25Cl2FN4O2/c1-5-32-14-22(26(28)31-32)16(2)24-13-25(27)30-33(24)23-11-8-19(29)12-21(23)17(3)35-15-18-6-9-20(34-4)10-7-18/h6-14,17H,2,5,15H2,1,3-4H3/t17-/m1/s1. The molecule has 0 unspecified atom stereocenters. The lowest BCUT2D eigenvalue weighted by Crippen LogP contribution is -2.10. The number of aryl methyl sites for hydroxylation is 1. The molecule has 2 heterocycles. The van der Waals surface area contributed by atoms with Crippen molar-refractivity contribution in [2.75, 3.05) is 7.11 Å². The van der Waals surface area contributed by atoms with Gasteiger partial charge in [0.15, 0.2) is 10.3 Å². The van der Waals surface area contributed by atoms with E-state index in [1.807, 2.05) is 44.3 Å². The third-order valence-corrected chi connectivity index (χ3v) is 6.13. The first-order valence-electron chi connectivity index (χ1n) is 11.0. The van der Waals surface area contributed by atoms with Crippen LogP contribution < -0.4 is 4.74 Å². The highest BCUT2D eigenvalue weighted by atomic mass is 35.5. The van der Waals surface area contributed by atoms with Gasteiger partial charge in [0.2, 0.25) is 0 Å². The molecule has 9 heteroatoms. The Bertz CT molecular complexity index is 1350. The van der Waals surface area contributed by atoms with Crippen LogP contribution in [0, 0.1) is 5.82 Å². The summed E-state index contributed by atoms with van der Waals surface area (Å²) in [5, 5.41) is 9.34. The molecule has 0 aliphatic rings. The molecule has 4 rings (SSSR count). The largest absolute Gasteiger partial charge is 0.497 e. The van der Waals surface area contributed by atoms with E-state index >= 15 is 0 Å². The van der Waals surface area contributed by atoms with Crippen molar-refractivity contribution in [3.63, 3.8) is 0 Å². The van der Waals surface area contributed by atoms with E-state index in [-0.39, 0.29) is 11.0 Å². The Labute approximate surface area is 213 Å². The zero-order valence-corrected chi connectivity index (χ0v) is 21.1. The van der Waals surface area contributed by atoms with Crippen molar-refractivity contribution in [2.24, 2.45) is 0 Å². The summed E-state index contributed by atoms with van der Waals surface area (Å²) in [6, 6.07) is 13.7. The van der Waals surface area contributed by atoms with Crippen LogP contribution >= 0.6 is 23.2 Å². The third-order valence-electron chi connectivity index (χ3n) is 5.67. The van der Waals surface area contributed by atoms with Crippen LogP contribution in [0.4, 0.5) is 4.39 Å². The van der Waals surface area contributed by atoms with Crippen molar-refractivity contribution in [3.05, 3.63) is 99.8 Å². The van der Waals surface area contributed by atoms with Gasteiger partial charge in [-0.1, -0.05) is 41.9 Å². The van der Waals surface area contributed by atoms with E-state index in [2.05, 4.69) is 16.8 Å². The number of hydrogen-bond donors (Lipinski definition) is 0. The van der Waals surface area contributed by atoms with Gasteiger partial charge in [-0.2, -0.15) is 10.2 Å². The third kappa shape index (κ3) is 5.42. The first kappa shape index (κ1) is 25.0. The SMILES string of the molecule is C=C(c1cn(CC)nc1Cl)c1cc(Cl)nn1-c1ccc(F)cc1[C@@H](C)OCc1ccc(OC)cc1. The second kappa shape index (κ2) is 10.6. The van der Waals surface area contributed by atoms with E-state index in [0.717, 1.165) is 11.3 Å². The molecule has 0 aliphatic heterocycles. The number of rotatable bonds is 9. The summed E-state index contributed by atoms with van der Waals surface area (Å²) in [7, 11) is 1.62. The summed E-state index contributed by atoms with van der Waals surface area (Å²) < 4.78 is 29.0. The molecule has 6 nitrogen and oxygen atoms in total. The number of halogens is 3. The van der Waals surface area contributed by atoms with Crippen molar-refractivity contribution < 1.29 is 13.9 Å². The van der Waals surface area contributed by atoms with Crippen LogP contribution in [0.25, 0.3) is 11.3 Å². The topological polar surface area (TPSA) is 54.1 Å². The van der Waals surface area contributed by atoms with Gasteiger partial charge >= 0.3 is 0 Å². The van der Waals surface area contributed by atoms with Crippen LogP contribution in [0.2, 0.25) is 10.3 Å². The first-order chi connectivity index (χ1) is 16.8. The Morgan fingerprint density at radius 2 is 1.86 bits per heavy atom. The maximum atomic E-state index is 14.3. The fourth-order valence-electron chi connectivity index (χ4n) is 3.73. The highest BCUT2D eigenvalue weighted by Gasteiger charge is 2.21. The molecule has 0 radical (unpaired) electrons. The lowest BCUT2D eigenvalue weighted by molar-refractivity contribution is 0.0522. The second-order valence-corrected chi connectivity index (χ2v) is 8.68. The quantitative estimate of drug-likeness (QED) is 0.244. The van der Waals surface area contributed by atoms with E-state index in [4.69, 9.17) is 32.7 Å². The first-order valence-corrected chi connectivity index (χ1v) is 11.8. The van der Waals surface area contributed by atoms with Gasteiger partial charge in [-0.3, -0.25) is 4.68 Å². The smallest absolute Gasteiger partial charge is 0.158 e. The normalized spacial score (nSPS) is 12.1. The average molecular weight is 515 g/mol. The highest BCUT2D eigenvalue weighted by Crippen LogP contribution is 2.33. The van der Waals surface area contributed by atoms with Gasteiger partial charge in [-0.05, 0) is 49.7 Å². The Balaban J connectivity index is 1.67. The monoisotopic (exact) mass is 514 g/mol. The fraction of sp³-hybridized carbons (Fsp3) is 0.231. The van der Waals surface area contributed by atoms with Crippen LogP contribution in [0.5, 0.6) is 5.75 Å². The highest BCUT2D eigenvalue weighted by molar-refractivity contribution is 6.31. The van der Waals surface area contributed by atoms with Crippen LogP contribution in [-0.4, -0.2) is 26.7 Å². The van der Waals surface area contributed by atoms with Gasteiger partial charge in [0, 0.05) is 35.5 Å². The molecule has 0 amide bonds. The van der Waals surface area contributed by atoms with Crippen LogP contribution in [0.1, 0.15) is 42.3 Å². The molecule has 0 saturated carbocycles. The maximum absolute atomic E-state index is 14.3. The molecule has 4 aromatic rings. The second-order valence-electron chi connectivity index (χ2n) is 7.94. The molecule has 0 N–H and O–H groups in total. The van der Waals surface area contributed by atoms with Crippen LogP contribution in [0.3, 0.4) is 0 Å². The van der Waals surface area contributed by atoms with E-state index < -0.39 is 6.10 Å². The molecule has 182 valence electrons. The van der Waals surface area contributed by atoms with Crippen LogP contribution in [-0.2, 0) is 17.9 Å². The predicted molar refractivity (Wildman–Crippen MR) is 136 cm³/mol. The van der Waals surface area contributed by atoms with E-state index in [1.54, 1.807) is 28.6 Å². The zero-order valence-electron chi connectivity index (χ0n) is 19.6. The molecule has 0 fully saturated rings. The van der Waals surface area contributed by atoms with E-state index in [9.17, 15) is 4.39 Å². The van der Waals surface area contributed by atoms with Crippen molar-refractivity contribution in [2.45, 2.75) is 33.1 Å². The van der Waals surface area contributed by atoms with Gasteiger partial charge < -0.3 is 9.47 Å². The number of benzene rings is 2. The summed E-state index contributed by atoms with van der Waals surface area (Å²) in [6.45, 7) is 9.05. The number of hydrogen-bond acceptors (Lipinski definition) is 4. The minimum atomic E-state index is -0.446. The van der Waals surface area contributed by atoms with Gasteiger partial charge in [-0.15, -0.1) is 0 Å². The van der Waals surface area contributed by atoms with Gasteiger partial charge in [0.1, 0.15) is 11.6 Å². The number of ether oxygens (including phenoxy) is 2. The Kier molecular flexibility index (Phi) is 7.60. The number of nitrogens with zero attached hydrogens (tertiary/aromatic N) is 4. The lowest BCUT2D eigenvalue weighted by Gasteiger charge is -2.19. The fourth-order valence-corrected chi connectivity index (χ4v) is 4.17. The molecule has 0 saturated heterocycles. The van der Waals surface area contributed by atoms with Gasteiger partial charge in [0.25, 0.3) is 0 Å². The number of aromatic nitrogens is 4. The predicted octanol–water partition coefficient (Wildman–Crippen LogP) is 6.88. The van der Waals surface area contributed by atoms with Crippen molar-refractivity contribution >= 4 is 28.8 Å². The number of methoxy groups -OCH3 is 1. The summed E-state index contributed by atoms with van der Waals surface area (Å²) >= 11 is 12.7. The molecule has 0 bridgehead atoms. The molecule has 0 spiro atoms. The molecule has 2 aromatic carbocycles. The molecule has 2 aromatic heterocycles. The van der Waals surface area contributed by atoms with Crippen molar-refractivity contribution in [1.82, 2.24) is 19.6 Å². The lowest BCUT2D eigenvalue weighted by atomic mass is 10.1. The minimum Gasteiger partial charge on any atom is -0.497 e. The molecular formula is C26H25Cl2FN4O2. The Morgan fingerprint density at radius 1 is 1.11 bits per heavy atom. The molecular weight excluding hydrogens is 490 g/mol. The van der Waals surface area contributed by atoms with Crippen LogP contribution in [0.15, 0.2) is 61.3 Å². The Hall–Kier alpha value is -3.13. The molecule has 35 heavy (non-hydrogen) atoms. The van der Waals surface area contributed by atoms with Gasteiger partial charge in [-0.25, -0.2) is 9.07 Å². The summed E-state index contributed by atoms with van der Waals surface area (Å²) in [4.78, 5) is 0. The van der Waals surface area contributed by atoms with Gasteiger partial charge in [0.05, 0.1) is 31.2 Å². The maximum Gasteiger partial charge on any atom is 0.158 e. The summed E-state index contributed by atoms with van der Waals surface area (Å²) in [6.07, 6.45) is 1.38. The van der Waals surface area contributed by atoms with E-state index in [1.165, 1.54) is 12.1 Å². The summed E-state index contributed by atoms with van der Waals surface area (Å²) in [5.41, 5.74) is 4.07. The van der Waals surface area contributed by atoms with E-state index in [0.29, 0.717) is 46.4 Å². The Morgan fingerprint density at radius 3 is 2.51 bits per heavy atom. The average Bonchev–Trinajstić information content (AvgIpc) is 3.44.